The number of carbonyl (C=O) groups is 1. The molecule has 0 fully saturated rings. The average Bonchev–Trinajstić information content (AvgIpc) is 2.96. The first-order valence-corrected chi connectivity index (χ1v) is 6.36. The van der Waals surface area contributed by atoms with E-state index in [0.29, 0.717) is 12.2 Å². The summed E-state index contributed by atoms with van der Waals surface area (Å²) < 4.78 is 1.92. The fraction of sp³-hybridized carbons (Fsp3) is 0.231. The van der Waals surface area contributed by atoms with E-state index in [1.165, 1.54) is 18.2 Å². The molecule has 0 bridgehead atoms. The van der Waals surface area contributed by atoms with Crippen LogP contribution in [0.1, 0.15) is 16.8 Å². The van der Waals surface area contributed by atoms with Crippen LogP contribution in [-0.4, -0.2) is 26.9 Å². The molecule has 8 heteroatoms. The van der Waals surface area contributed by atoms with Crippen molar-refractivity contribution in [3.05, 3.63) is 52.6 Å². The summed E-state index contributed by atoms with van der Waals surface area (Å²) in [5.74, 6) is -0.690. The third kappa shape index (κ3) is 3.78. The molecule has 1 amide bonds. The van der Waals surface area contributed by atoms with Crippen LogP contribution in [-0.2, 0) is 6.54 Å². The fourth-order valence-corrected chi connectivity index (χ4v) is 1.89. The van der Waals surface area contributed by atoms with Gasteiger partial charge in [-0.15, -0.1) is 0 Å². The molecule has 0 unspecified atom stereocenters. The van der Waals surface area contributed by atoms with Gasteiger partial charge in [0.05, 0.1) is 11.3 Å². The lowest BCUT2D eigenvalue weighted by molar-refractivity contribution is -0.384. The van der Waals surface area contributed by atoms with Crippen molar-refractivity contribution in [2.24, 2.45) is 5.73 Å². The smallest absolute Gasteiger partial charge is 0.293 e. The summed E-state index contributed by atoms with van der Waals surface area (Å²) in [6, 6.07) is 4.14. The second-order valence-electron chi connectivity index (χ2n) is 4.43. The highest BCUT2D eigenvalue weighted by atomic mass is 16.6. The lowest BCUT2D eigenvalue weighted by Crippen LogP contribution is -2.12. The van der Waals surface area contributed by atoms with E-state index in [-0.39, 0.29) is 11.3 Å². The first-order chi connectivity index (χ1) is 10.1. The molecule has 0 saturated heterocycles. The molecule has 0 aliphatic carbocycles. The molecule has 0 radical (unpaired) electrons. The molecule has 1 heterocycles. The van der Waals surface area contributed by atoms with Crippen LogP contribution in [0.5, 0.6) is 0 Å². The number of aromatic nitrogens is 2. The molecule has 1 aromatic heterocycles. The largest absolute Gasteiger partial charge is 0.379 e. The first kappa shape index (κ1) is 14.5. The number of nitrogens with two attached hydrogens (primary N) is 1. The average molecular weight is 289 g/mol. The number of benzene rings is 1. The van der Waals surface area contributed by atoms with Gasteiger partial charge in [0.2, 0.25) is 5.91 Å². The molecule has 1 aromatic carbocycles. The molecule has 0 atom stereocenters. The molecule has 2 rings (SSSR count). The number of primary amides is 1. The van der Waals surface area contributed by atoms with E-state index >= 15 is 0 Å². The Balaban J connectivity index is 1.98. The van der Waals surface area contributed by atoms with E-state index in [1.807, 2.05) is 10.8 Å². The topological polar surface area (TPSA) is 116 Å². The van der Waals surface area contributed by atoms with Gasteiger partial charge in [0, 0.05) is 37.1 Å². The van der Waals surface area contributed by atoms with E-state index in [9.17, 15) is 14.9 Å². The molecule has 0 aliphatic rings. The zero-order valence-corrected chi connectivity index (χ0v) is 11.2. The highest BCUT2D eigenvalue weighted by Gasteiger charge is 2.16. The van der Waals surface area contributed by atoms with E-state index in [1.54, 1.807) is 12.5 Å². The Labute approximate surface area is 120 Å². The second kappa shape index (κ2) is 6.51. The molecule has 21 heavy (non-hydrogen) atoms. The lowest BCUT2D eigenvalue weighted by atomic mass is 10.1. The highest BCUT2D eigenvalue weighted by molar-refractivity contribution is 5.94. The van der Waals surface area contributed by atoms with E-state index in [0.717, 1.165) is 13.0 Å². The van der Waals surface area contributed by atoms with Gasteiger partial charge in [0.15, 0.2) is 0 Å². The van der Waals surface area contributed by atoms with Crippen LogP contribution in [0, 0.1) is 10.1 Å². The van der Waals surface area contributed by atoms with E-state index in [4.69, 9.17) is 5.73 Å². The number of rotatable bonds is 7. The van der Waals surface area contributed by atoms with Crippen molar-refractivity contribution >= 4 is 17.3 Å². The standard InChI is InChI=1S/C13H15N5O3/c14-13(19)10-2-3-11(12(8-10)18(20)21)16-4-1-6-17-7-5-15-9-17/h2-3,5,7-9,16H,1,4,6H2,(H2,14,19). The van der Waals surface area contributed by atoms with Crippen molar-refractivity contribution < 1.29 is 9.72 Å². The zero-order chi connectivity index (χ0) is 15.2. The number of anilines is 1. The number of nitrogens with zero attached hydrogens (tertiary/aromatic N) is 3. The Morgan fingerprint density at radius 1 is 1.48 bits per heavy atom. The SMILES string of the molecule is NC(=O)c1ccc(NCCCn2ccnc2)c([N+](=O)[O-])c1. The van der Waals surface area contributed by atoms with Gasteiger partial charge in [0.25, 0.3) is 5.69 Å². The van der Waals surface area contributed by atoms with Crippen LogP contribution >= 0.6 is 0 Å². The number of imidazole rings is 1. The summed E-state index contributed by atoms with van der Waals surface area (Å²) in [6.07, 6.45) is 6.04. The van der Waals surface area contributed by atoms with Crippen molar-refractivity contribution in [1.29, 1.82) is 0 Å². The molecular formula is C13H15N5O3. The fourth-order valence-electron chi connectivity index (χ4n) is 1.89. The Bertz CT molecular complexity index is 639. The minimum Gasteiger partial charge on any atom is -0.379 e. The lowest BCUT2D eigenvalue weighted by Gasteiger charge is -2.08. The number of nitrogens with one attached hydrogen (secondary N) is 1. The van der Waals surface area contributed by atoms with Gasteiger partial charge in [-0.2, -0.15) is 0 Å². The number of hydrogen-bond acceptors (Lipinski definition) is 5. The maximum Gasteiger partial charge on any atom is 0.293 e. The van der Waals surface area contributed by atoms with Crippen molar-refractivity contribution in [2.75, 3.05) is 11.9 Å². The molecule has 3 N–H and O–H groups in total. The van der Waals surface area contributed by atoms with E-state index in [2.05, 4.69) is 10.3 Å². The minimum atomic E-state index is -0.690. The van der Waals surface area contributed by atoms with E-state index < -0.39 is 10.8 Å². The molecule has 2 aromatic rings. The predicted octanol–water partition coefficient (Wildman–Crippen LogP) is 1.39. The summed E-state index contributed by atoms with van der Waals surface area (Å²) in [7, 11) is 0. The third-order valence-corrected chi connectivity index (χ3v) is 2.95. The van der Waals surface area contributed by atoms with Gasteiger partial charge >= 0.3 is 0 Å². The predicted molar refractivity (Wildman–Crippen MR) is 76.9 cm³/mol. The summed E-state index contributed by atoms with van der Waals surface area (Å²) in [5, 5.41) is 14.0. The normalized spacial score (nSPS) is 10.3. The van der Waals surface area contributed by atoms with Crippen molar-refractivity contribution in [3.8, 4) is 0 Å². The molecule has 0 saturated carbocycles. The quantitative estimate of drug-likeness (QED) is 0.454. The summed E-state index contributed by atoms with van der Waals surface area (Å²) >= 11 is 0. The maximum atomic E-state index is 11.0. The minimum absolute atomic E-state index is 0.116. The first-order valence-electron chi connectivity index (χ1n) is 6.36. The summed E-state index contributed by atoms with van der Waals surface area (Å²) in [4.78, 5) is 25.5. The summed E-state index contributed by atoms with van der Waals surface area (Å²) in [6.45, 7) is 1.33. The van der Waals surface area contributed by atoms with Crippen LogP contribution in [0.2, 0.25) is 0 Å². The Kier molecular flexibility index (Phi) is 4.50. The second-order valence-corrected chi connectivity index (χ2v) is 4.43. The van der Waals surface area contributed by atoms with Crippen LogP contribution < -0.4 is 11.1 Å². The van der Waals surface area contributed by atoms with Crippen LogP contribution in [0.15, 0.2) is 36.9 Å². The summed E-state index contributed by atoms with van der Waals surface area (Å²) in [5.41, 5.74) is 5.45. The molecular weight excluding hydrogens is 274 g/mol. The molecule has 0 spiro atoms. The zero-order valence-electron chi connectivity index (χ0n) is 11.2. The van der Waals surface area contributed by atoms with Gasteiger partial charge in [-0.3, -0.25) is 14.9 Å². The Morgan fingerprint density at radius 2 is 2.29 bits per heavy atom. The Hall–Kier alpha value is -2.90. The van der Waals surface area contributed by atoms with Crippen LogP contribution in [0.25, 0.3) is 0 Å². The van der Waals surface area contributed by atoms with Crippen molar-refractivity contribution in [2.45, 2.75) is 13.0 Å². The maximum absolute atomic E-state index is 11.0. The third-order valence-electron chi connectivity index (χ3n) is 2.95. The van der Waals surface area contributed by atoms with Gasteiger partial charge in [-0.1, -0.05) is 0 Å². The number of amides is 1. The van der Waals surface area contributed by atoms with Crippen molar-refractivity contribution in [3.63, 3.8) is 0 Å². The number of aryl methyl sites for hydroxylation is 1. The van der Waals surface area contributed by atoms with Crippen molar-refractivity contribution in [1.82, 2.24) is 9.55 Å². The highest BCUT2D eigenvalue weighted by Crippen LogP contribution is 2.25. The molecule has 0 aliphatic heterocycles. The van der Waals surface area contributed by atoms with Crippen LogP contribution in [0.4, 0.5) is 11.4 Å². The molecule has 8 nitrogen and oxygen atoms in total. The van der Waals surface area contributed by atoms with Gasteiger partial charge in [-0.05, 0) is 18.6 Å². The van der Waals surface area contributed by atoms with Crippen LogP contribution in [0.3, 0.4) is 0 Å². The number of nitro groups is 1. The number of hydrogen-bond donors (Lipinski definition) is 2. The van der Waals surface area contributed by atoms with Gasteiger partial charge in [0.1, 0.15) is 5.69 Å². The number of nitro benzene ring substituents is 1. The number of carbonyl (C=O) groups excluding carboxylic acids is 1. The monoisotopic (exact) mass is 289 g/mol. The van der Waals surface area contributed by atoms with Gasteiger partial charge < -0.3 is 15.6 Å². The molecule has 110 valence electrons. The van der Waals surface area contributed by atoms with Gasteiger partial charge in [-0.25, -0.2) is 4.98 Å². The Morgan fingerprint density at radius 3 is 2.90 bits per heavy atom.